The molecule has 1 aromatic carbocycles. The predicted octanol–water partition coefficient (Wildman–Crippen LogP) is 3.67. The molecule has 1 N–H and O–H groups in total. The third kappa shape index (κ3) is 2.48. The van der Waals surface area contributed by atoms with Gasteiger partial charge in [-0.05, 0) is 30.7 Å². The number of nitrogens with zero attached hydrogens (tertiary/aromatic N) is 1. The zero-order chi connectivity index (χ0) is 14.2. The lowest BCUT2D eigenvalue weighted by Gasteiger charge is -2.07. The molecule has 19 heavy (non-hydrogen) atoms. The summed E-state index contributed by atoms with van der Waals surface area (Å²) in [7, 11) is 0. The highest BCUT2D eigenvalue weighted by Crippen LogP contribution is 2.32. The smallest absolute Gasteiger partial charge is 0.266 e. The molecule has 0 radical (unpaired) electrons. The van der Waals surface area contributed by atoms with Crippen molar-refractivity contribution >= 4 is 23.2 Å². The number of aromatic nitrogens is 1. The molecule has 2 aromatic rings. The average molecular weight is 297 g/mol. The van der Waals surface area contributed by atoms with Gasteiger partial charge in [0.2, 0.25) is 0 Å². The van der Waals surface area contributed by atoms with Gasteiger partial charge in [-0.15, -0.1) is 0 Å². The van der Waals surface area contributed by atoms with Gasteiger partial charge in [-0.2, -0.15) is 5.26 Å². The number of benzene rings is 1. The molecular weight excluding hydrogens is 290 g/mol. The second-order valence-electron chi connectivity index (χ2n) is 3.94. The molecule has 0 bridgehead atoms. The monoisotopic (exact) mass is 296 g/mol. The Hall–Kier alpha value is -1.83. The van der Waals surface area contributed by atoms with Crippen LogP contribution in [-0.2, 0) is 0 Å². The summed E-state index contributed by atoms with van der Waals surface area (Å²) in [6.07, 6.45) is 0. The molecule has 96 valence electrons. The van der Waals surface area contributed by atoms with Crippen LogP contribution in [-0.4, -0.2) is 4.98 Å². The largest absolute Gasteiger partial charge is 0.325 e. The van der Waals surface area contributed by atoms with Crippen molar-refractivity contribution in [2.24, 2.45) is 0 Å². The van der Waals surface area contributed by atoms with Crippen LogP contribution in [0.3, 0.4) is 0 Å². The highest BCUT2D eigenvalue weighted by Gasteiger charge is 2.14. The van der Waals surface area contributed by atoms with Gasteiger partial charge in [-0.1, -0.05) is 23.2 Å². The van der Waals surface area contributed by atoms with E-state index in [0.29, 0.717) is 16.8 Å². The van der Waals surface area contributed by atoms with Crippen molar-refractivity contribution in [2.75, 3.05) is 0 Å². The maximum atomic E-state index is 13.6. The summed E-state index contributed by atoms with van der Waals surface area (Å²) in [6, 6.07) is 5.94. The molecule has 6 heteroatoms. The first-order chi connectivity index (χ1) is 8.93. The van der Waals surface area contributed by atoms with Crippen LogP contribution in [0.25, 0.3) is 11.1 Å². The quantitative estimate of drug-likeness (QED) is 0.816. The second-order valence-corrected chi connectivity index (χ2v) is 4.72. The molecule has 0 aliphatic heterocycles. The molecule has 0 aliphatic carbocycles. The lowest BCUT2D eigenvalue weighted by molar-refractivity contribution is 0.629. The lowest BCUT2D eigenvalue weighted by atomic mass is 10.0. The van der Waals surface area contributed by atoms with Crippen molar-refractivity contribution in [2.45, 2.75) is 6.92 Å². The van der Waals surface area contributed by atoms with E-state index < -0.39 is 11.4 Å². The number of hydrogen-bond donors (Lipinski definition) is 1. The van der Waals surface area contributed by atoms with E-state index in [1.807, 2.05) is 0 Å². The Balaban J connectivity index is 2.80. The molecule has 0 saturated carbocycles. The van der Waals surface area contributed by atoms with E-state index in [2.05, 4.69) is 4.98 Å². The molecule has 0 amide bonds. The van der Waals surface area contributed by atoms with E-state index in [1.165, 1.54) is 6.07 Å². The van der Waals surface area contributed by atoms with E-state index in [9.17, 15) is 9.18 Å². The van der Waals surface area contributed by atoms with E-state index >= 15 is 0 Å². The van der Waals surface area contributed by atoms with Crippen LogP contribution < -0.4 is 5.56 Å². The molecule has 0 fully saturated rings. The number of H-pyrrole nitrogens is 1. The van der Waals surface area contributed by atoms with Crippen LogP contribution in [0.2, 0.25) is 10.0 Å². The maximum absolute atomic E-state index is 13.6. The Bertz CT molecular complexity index is 739. The molecule has 1 aromatic heterocycles. The van der Waals surface area contributed by atoms with E-state index in [1.54, 1.807) is 19.1 Å². The SMILES string of the molecule is Cc1cc(-c2cc(F)c(Cl)c(Cl)c2)c(C#N)c(=O)[nH]1. The average Bonchev–Trinajstić information content (AvgIpc) is 2.34. The maximum Gasteiger partial charge on any atom is 0.266 e. The molecule has 0 atom stereocenters. The fourth-order valence-corrected chi connectivity index (χ4v) is 2.06. The number of halogens is 3. The number of aromatic amines is 1. The molecule has 0 unspecified atom stereocenters. The second kappa shape index (κ2) is 5.04. The van der Waals surface area contributed by atoms with Gasteiger partial charge in [0.05, 0.1) is 10.0 Å². The minimum absolute atomic E-state index is 0.0264. The molecule has 3 nitrogen and oxygen atoms in total. The van der Waals surface area contributed by atoms with E-state index in [0.717, 1.165) is 6.07 Å². The van der Waals surface area contributed by atoms with E-state index in [-0.39, 0.29) is 15.6 Å². The van der Waals surface area contributed by atoms with Gasteiger partial charge in [0.25, 0.3) is 5.56 Å². The normalized spacial score (nSPS) is 10.3. The summed E-state index contributed by atoms with van der Waals surface area (Å²) in [5, 5.41) is 8.86. The van der Waals surface area contributed by atoms with Crippen LogP contribution in [0.1, 0.15) is 11.3 Å². The minimum atomic E-state index is -0.703. The molecular formula is C13H7Cl2FN2O. The first-order valence-corrected chi connectivity index (χ1v) is 5.98. The fourth-order valence-electron chi connectivity index (χ4n) is 1.74. The van der Waals surface area contributed by atoms with Crippen molar-refractivity contribution in [1.29, 1.82) is 5.26 Å². The Morgan fingerprint density at radius 2 is 2.00 bits per heavy atom. The van der Waals surface area contributed by atoms with E-state index in [4.69, 9.17) is 28.5 Å². The van der Waals surface area contributed by atoms with Crippen LogP contribution in [0.4, 0.5) is 4.39 Å². The Kier molecular flexibility index (Phi) is 3.61. The summed E-state index contributed by atoms with van der Waals surface area (Å²) in [5.41, 5.74) is 0.594. The first kappa shape index (κ1) is 13.6. The molecule has 1 heterocycles. The Morgan fingerprint density at radius 1 is 1.32 bits per heavy atom. The van der Waals surface area contributed by atoms with Gasteiger partial charge in [0, 0.05) is 11.3 Å². The summed E-state index contributed by atoms with van der Waals surface area (Å²) < 4.78 is 13.6. The number of nitrogens with one attached hydrogen (secondary N) is 1. The topological polar surface area (TPSA) is 56.6 Å². The highest BCUT2D eigenvalue weighted by atomic mass is 35.5. The zero-order valence-corrected chi connectivity index (χ0v) is 11.2. The highest BCUT2D eigenvalue weighted by molar-refractivity contribution is 6.42. The number of rotatable bonds is 1. The van der Waals surface area contributed by atoms with Crippen molar-refractivity contribution in [3.8, 4) is 17.2 Å². The number of nitriles is 1. The predicted molar refractivity (Wildman–Crippen MR) is 71.9 cm³/mol. The minimum Gasteiger partial charge on any atom is -0.325 e. The Morgan fingerprint density at radius 3 is 2.58 bits per heavy atom. The van der Waals surface area contributed by atoms with Gasteiger partial charge in [0.15, 0.2) is 0 Å². The van der Waals surface area contributed by atoms with Crippen molar-refractivity contribution in [3.05, 3.63) is 55.7 Å². The summed E-state index contributed by atoms with van der Waals surface area (Å²) >= 11 is 11.4. The van der Waals surface area contributed by atoms with Crippen LogP contribution in [0.5, 0.6) is 0 Å². The fraction of sp³-hybridized carbons (Fsp3) is 0.0769. The Labute approximate surface area is 118 Å². The van der Waals surface area contributed by atoms with Gasteiger partial charge in [-0.25, -0.2) is 4.39 Å². The van der Waals surface area contributed by atoms with Gasteiger partial charge in [-0.3, -0.25) is 4.79 Å². The molecule has 0 aliphatic rings. The van der Waals surface area contributed by atoms with Crippen LogP contribution >= 0.6 is 23.2 Å². The van der Waals surface area contributed by atoms with Crippen molar-refractivity contribution in [1.82, 2.24) is 4.98 Å². The van der Waals surface area contributed by atoms with Gasteiger partial charge >= 0.3 is 0 Å². The molecule has 2 rings (SSSR count). The lowest BCUT2D eigenvalue weighted by Crippen LogP contribution is -2.12. The first-order valence-electron chi connectivity index (χ1n) is 5.23. The van der Waals surface area contributed by atoms with Crippen LogP contribution in [0.15, 0.2) is 23.0 Å². The van der Waals surface area contributed by atoms with Crippen molar-refractivity contribution < 1.29 is 4.39 Å². The number of hydrogen-bond acceptors (Lipinski definition) is 2. The molecule has 0 spiro atoms. The van der Waals surface area contributed by atoms with Crippen LogP contribution in [0, 0.1) is 24.1 Å². The van der Waals surface area contributed by atoms with Gasteiger partial charge < -0.3 is 4.98 Å². The summed E-state index contributed by atoms with van der Waals surface area (Å²) in [4.78, 5) is 14.2. The summed E-state index contributed by atoms with van der Waals surface area (Å²) in [6.45, 7) is 1.67. The molecule has 0 saturated heterocycles. The number of pyridine rings is 1. The zero-order valence-electron chi connectivity index (χ0n) is 9.72. The third-order valence-electron chi connectivity index (χ3n) is 2.57. The number of aryl methyl sites for hydroxylation is 1. The van der Waals surface area contributed by atoms with Gasteiger partial charge in [0.1, 0.15) is 17.4 Å². The standard InChI is InChI=1S/C13H7Cl2FN2O/c1-6-2-8(9(5-17)13(19)18-6)7-3-10(14)12(15)11(16)4-7/h2-4H,1H3,(H,18,19). The summed E-state index contributed by atoms with van der Waals surface area (Å²) in [5.74, 6) is -0.703. The van der Waals surface area contributed by atoms with Crippen molar-refractivity contribution in [3.63, 3.8) is 0 Å². The third-order valence-corrected chi connectivity index (χ3v) is 3.35.